The van der Waals surface area contributed by atoms with Gasteiger partial charge in [-0.2, -0.15) is 10.2 Å². The van der Waals surface area contributed by atoms with Crippen molar-refractivity contribution in [2.24, 2.45) is 0 Å². The van der Waals surface area contributed by atoms with Crippen LogP contribution in [0.3, 0.4) is 0 Å². The zero-order valence-corrected chi connectivity index (χ0v) is 13.2. The van der Waals surface area contributed by atoms with Gasteiger partial charge in [-0.15, -0.1) is 0 Å². The number of likely N-dealkylation sites (tertiary alicyclic amines) is 1. The molecule has 1 amide bonds. The van der Waals surface area contributed by atoms with Gasteiger partial charge in [0.2, 0.25) is 0 Å². The van der Waals surface area contributed by atoms with Crippen molar-refractivity contribution in [1.82, 2.24) is 29.9 Å². The minimum absolute atomic E-state index is 0.00816. The predicted molar refractivity (Wildman–Crippen MR) is 87.6 cm³/mol. The van der Waals surface area contributed by atoms with E-state index in [9.17, 15) is 4.79 Å². The van der Waals surface area contributed by atoms with Gasteiger partial charge in [-0.05, 0) is 43.5 Å². The monoisotopic (exact) mass is 322 g/mol. The Balaban J connectivity index is 1.57. The van der Waals surface area contributed by atoms with Gasteiger partial charge in [-0.1, -0.05) is 0 Å². The lowest BCUT2D eigenvalue weighted by molar-refractivity contribution is 0.0605. The first-order valence-corrected chi connectivity index (χ1v) is 8.09. The minimum atomic E-state index is 0.00816. The molecule has 1 unspecified atom stereocenters. The fourth-order valence-electron chi connectivity index (χ4n) is 3.17. The maximum Gasteiger partial charge on any atom is 0.255 e. The van der Waals surface area contributed by atoms with E-state index in [2.05, 4.69) is 20.3 Å². The summed E-state index contributed by atoms with van der Waals surface area (Å²) in [5.41, 5.74) is 1.58. The van der Waals surface area contributed by atoms with Gasteiger partial charge < -0.3 is 4.90 Å². The Hall–Kier alpha value is -2.96. The van der Waals surface area contributed by atoms with Crippen molar-refractivity contribution in [2.45, 2.75) is 25.3 Å². The number of rotatable bonds is 3. The van der Waals surface area contributed by atoms with Crippen molar-refractivity contribution in [1.29, 1.82) is 0 Å². The van der Waals surface area contributed by atoms with Gasteiger partial charge in [0.25, 0.3) is 5.91 Å². The molecule has 0 aliphatic carbocycles. The summed E-state index contributed by atoms with van der Waals surface area (Å²) in [6.07, 6.45) is 9.96. The summed E-state index contributed by atoms with van der Waals surface area (Å²) < 4.78 is 1.67. The summed E-state index contributed by atoms with van der Waals surface area (Å²) >= 11 is 0. The van der Waals surface area contributed by atoms with Gasteiger partial charge in [0, 0.05) is 31.3 Å². The molecule has 0 bridgehead atoms. The van der Waals surface area contributed by atoms with E-state index in [-0.39, 0.29) is 11.9 Å². The topological polar surface area (TPSA) is 79.7 Å². The summed E-state index contributed by atoms with van der Waals surface area (Å²) in [6.45, 7) is 0.753. The molecule has 3 aromatic rings. The lowest BCUT2D eigenvalue weighted by atomic mass is 9.98. The fraction of sp³-hybridized carbons (Fsp3) is 0.294. The van der Waals surface area contributed by atoms with Crippen LogP contribution in [0.1, 0.15) is 41.4 Å². The van der Waals surface area contributed by atoms with Crippen LogP contribution in [-0.2, 0) is 0 Å². The molecule has 0 spiro atoms. The van der Waals surface area contributed by atoms with E-state index < -0.39 is 0 Å². The smallest absolute Gasteiger partial charge is 0.255 e. The number of hydrogen-bond acceptors (Lipinski definition) is 4. The Kier molecular flexibility index (Phi) is 3.82. The molecule has 7 heteroatoms. The molecule has 122 valence electrons. The molecule has 1 aliphatic rings. The van der Waals surface area contributed by atoms with Gasteiger partial charge >= 0.3 is 0 Å². The summed E-state index contributed by atoms with van der Waals surface area (Å²) in [4.78, 5) is 19.2. The van der Waals surface area contributed by atoms with Crippen LogP contribution in [0.15, 0.2) is 49.1 Å². The lowest BCUT2D eigenvalue weighted by Gasteiger charge is -2.35. The third-order valence-corrected chi connectivity index (χ3v) is 4.38. The van der Waals surface area contributed by atoms with Crippen LogP contribution in [0.2, 0.25) is 0 Å². The second-order valence-corrected chi connectivity index (χ2v) is 5.88. The Morgan fingerprint density at radius 2 is 2.17 bits per heavy atom. The fourth-order valence-corrected chi connectivity index (χ4v) is 3.17. The molecule has 0 saturated carbocycles. The Morgan fingerprint density at radius 1 is 1.21 bits per heavy atom. The van der Waals surface area contributed by atoms with E-state index in [1.807, 2.05) is 35.4 Å². The van der Waals surface area contributed by atoms with Crippen LogP contribution >= 0.6 is 0 Å². The Morgan fingerprint density at radius 3 is 2.88 bits per heavy atom. The highest BCUT2D eigenvalue weighted by Gasteiger charge is 2.29. The first-order chi connectivity index (χ1) is 11.8. The number of nitrogens with zero attached hydrogens (tertiary/aromatic N) is 5. The van der Waals surface area contributed by atoms with E-state index in [1.54, 1.807) is 23.3 Å². The molecule has 1 saturated heterocycles. The highest BCUT2D eigenvalue weighted by molar-refractivity contribution is 5.94. The van der Waals surface area contributed by atoms with Crippen LogP contribution in [0.4, 0.5) is 0 Å². The molecule has 3 aromatic heterocycles. The van der Waals surface area contributed by atoms with Crippen LogP contribution in [0.5, 0.6) is 0 Å². The maximum atomic E-state index is 12.9. The van der Waals surface area contributed by atoms with E-state index in [4.69, 9.17) is 0 Å². The van der Waals surface area contributed by atoms with E-state index in [0.29, 0.717) is 11.4 Å². The molecule has 0 aromatic carbocycles. The number of carbonyl (C=O) groups is 1. The molecule has 4 heterocycles. The molecule has 4 rings (SSSR count). The highest BCUT2D eigenvalue weighted by atomic mass is 16.2. The number of H-pyrrole nitrogens is 1. The molecular weight excluding hydrogens is 304 g/mol. The first-order valence-electron chi connectivity index (χ1n) is 8.09. The largest absolute Gasteiger partial charge is 0.330 e. The summed E-state index contributed by atoms with van der Waals surface area (Å²) in [7, 11) is 0. The highest BCUT2D eigenvalue weighted by Crippen LogP contribution is 2.30. The lowest BCUT2D eigenvalue weighted by Crippen LogP contribution is -2.38. The minimum Gasteiger partial charge on any atom is -0.330 e. The van der Waals surface area contributed by atoms with Gasteiger partial charge in [0.05, 0.1) is 17.3 Å². The van der Waals surface area contributed by atoms with Crippen molar-refractivity contribution in [3.8, 4) is 5.82 Å². The number of amides is 1. The standard InChI is InChI=1S/C17H18N6O/c24-17(13-5-6-16(18-12-13)23-11-3-8-20-23)22-10-2-1-4-15(22)14-7-9-19-21-14/h3,5-9,11-12,15H,1-2,4,10H2,(H,19,21). The van der Waals surface area contributed by atoms with Crippen molar-refractivity contribution in [3.05, 3.63) is 60.3 Å². The van der Waals surface area contributed by atoms with E-state index in [0.717, 1.165) is 31.5 Å². The second-order valence-electron chi connectivity index (χ2n) is 5.88. The zero-order chi connectivity index (χ0) is 16.4. The van der Waals surface area contributed by atoms with Gasteiger partial charge in [-0.3, -0.25) is 9.89 Å². The number of aromatic nitrogens is 5. The number of hydrogen-bond donors (Lipinski definition) is 1. The van der Waals surface area contributed by atoms with Gasteiger partial charge in [-0.25, -0.2) is 9.67 Å². The second kappa shape index (κ2) is 6.27. The number of pyridine rings is 1. The van der Waals surface area contributed by atoms with Crippen LogP contribution in [-0.4, -0.2) is 42.3 Å². The van der Waals surface area contributed by atoms with Gasteiger partial charge in [0.15, 0.2) is 5.82 Å². The van der Waals surface area contributed by atoms with Crippen LogP contribution in [0.25, 0.3) is 5.82 Å². The van der Waals surface area contributed by atoms with Gasteiger partial charge in [0.1, 0.15) is 0 Å². The molecule has 1 atom stereocenters. The third kappa shape index (κ3) is 2.68. The quantitative estimate of drug-likeness (QED) is 0.803. The molecule has 24 heavy (non-hydrogen) atoms. The number of nitrogens with one attached hydrogen (secondary N) is 1. The van der Waals surface area contributed by atoms with Crippen molar-refractivity contribution in [3.63, 3.8) is 0 Å². The third-order valence-electron chi connectivity index (χ3n) is 4.38. The summed E-state index contributed by atoms with van der Waals surface area (Å²) in [5, 5.41) is 11.2. The Bertz CT molecular complexity index is 794. The molecule has 7 nitrogen and oxygen atoms in total. The maximum absolute atomic E-state index is 12.9. The van der Waals surface area contributed by atoms with Crippen LogP contribution < -0.4 is 0 Å². The number of aromatic amines is 1. The number of piperidine rings is 1. The average Bonchev–Trinajstić information content (AvgIpc) is 3.35. The molecule has 0 radical (unpaired) electrons. The van der Waals surface area contributed by atoms with Crippen molar-refractivity contribution >= 4 is 5.91 Å². The van der Waals surface area contributed by atoms with E-state index >= 15 is 0 Å². The number of carbonyl (C=O) groups excluding carboxylic acids is 1. The molecular formula is C17H18N6O. The van der Waals surface area contributed by atoms with Crippen molar-refractivity contribution in [2.75, 3.05) is 6.54 Å². The summed E-state index contributed by atoms with van der Waals surface area (Å²) in [5.74, 6) is 0.703. The summed E-state index contributed by atoms with van der Waals surface area (Å²) in [6, 6.07) is 7.46. The van der Waals surface area contributed by atoms with Crippen LogP contribution in [0, 0.1) is 0 Å². The normalized spacial score (nSPS) is 17.8. The molecule has 1 N–H and O–H groups in total. The Labute approximate surface area is 139 Å². The molecule has 1 fully saturated rings. The SMILES string of the molecule is O=C(c1ccc(-n2cccn2)nc1)N1CCCCC1c1ccn[nH]1. The zero-order valence-electron chi connectivity index (χ0n) is 13.2. The molecule has 1 aliphatic heterocycles. The van der Waals surface area contributed by atoms with Crippen molar-refractivity contribution < 1.29 is 4.79 Å². The first kappa shape index (κ1) is 14.6. The van der Waals surface area contributed by atoms with E-state index in [1.165, 1.54) is 0 Å². The average molecular weight is 322 g/mol. The predicted octanol–water partition coefficient (Wildman–Crippen LogP) is 2.36.